The molecule has 0 aliphatic heterocycles. The first-order valence-corrected chi connectivity index (χ1v) is 14.4. The van der Waals surface area contributed by atoms with Gasteiger partial charge in [0.05, 0.1) is 27.9 Å². The van der Waals surface area contributed by atoms with Crippen molar-refractivity contribution < 1.29 is 17.6 Å². The van der Waals surface area contributed by atoms with Crippen LogP contribution in [0, 0.1) is 6.92 Å². The van der Waals surface area contributed by atoms with E-state index in [1.807, 2.05) is 31.2 Å². The second-order valence-electron chi connectivity index (χ2n) is 9.23. The molecule has 0 saturated heterocycles. The first-order valence-electron chi connectivity index (χ1n) is 12.1. The maximum atomic E-state index is 13.7. The van der Waals surface area contributed by atoms with Gasteiger partial charge < -0.3 is 4.42 Å². The molecule has 0 unspecified atom stereocenters. The molecule has 1 aliphatic carbocycles. The third-order valence-electron chi connectivity index (χ3n) is 6.85. The van der Waals surface area contributed by atoms with Crippen molar-refractivity contribution >= 4 is 42.6 Å². The van der Waals surface area contributed by atoms with E-state index in [0.29, 0.717) is 16.5 Å². The highest BCUT2D eigenvalue weighted by atomic mass is 32.2. The van der Waals surface area contributed by atoms with E-state index in [-0.39, 0.29) is 23.4 Å². The monoisotopic (exact) mass is 523 g/mol. The topological polar surface area (TPSA) is 83.7 Å². The molecule has 2 aromatic heterocycles. The number of thiazole rings is 1. The van der Waals surface area contributed by atoms with Crippen LogP contribution in [-0.2, 0) is 16.6 Å². The van der Waals surface area contributed by atoms with Crippen molar-refractivity contribution in [3.05, 3.63) is 77.7 Å². The largest absolute Gasteiger partial charge is 0.467 e. The maximum absolute atomic E-state index is 13.7. The van der Waals surface area contributed by atoms with E-state index in [9.17, 15) is 13.2 Å². The van der Waals surface area contributed by atoms with Crippen LogP contribution in [0.4, 0.5) is 5.13 Å². The highest BCUT2D eigenvalue weighted by Gasteiger charge is 2.30. The molecule has 1 saturated carbocycles. The molecule has 1 fully saturated rings. The second-order valence-corrected chi connectivity index (χ2v) is 12.2. The minimum absolute atomic E-state index is 0.0244. The lowest BCUT2D eigenvalue weighted by Crippen LogP contribution is -2.38. The number of furan rings is 1. The summed E-state index contributed by atoms with van der Waals surface area (Å²) in [6.45, 7) is 2.21. The average Bonchev–Trinajstić information content (AvgIpc) is 3.57. The molecule has 0 radical (unpaired) electrons. The number of carbonyl (C=O) groups excluding carboxylic acids is 1. The van der Waals surface area contributed by atoms with Gasteiger partial charge in [0.25, 0.3) is 5.91 Å². The quantitative estimate of drug-likeness (QED) is 0.297. The molecule has 0 spiro atoms. The summed E-state index contributed by atoms with van der Waals surface area (Å²) in [4.78, 5) is 20.2. The summed E-state index contributed by atoms with van der Waals surface area (Å²) in [5.41, 5.74) is 2.29. The Morgan fingerprint density at radius 2 is 1.81 bits per heavy atom. The van der Waals surface area contributed by atoms with Gasteiger partial charge in [-0.15, -0.1) is 0 Å². The lowest BCUT2D eigenvalue weighted by Gasteiger charge is -2.30. The Balaban J connectivity index is 1.44. The Hall–Kier alpha value is -3.01. The van der Waals surface area contributed by atoms with Gasteiger partial charge in [-0.25, -0.2) is 13.4 Å². The number of carbonyl (C=O) groups is 1. The standard InChI is InChI=1S/C27H29N3O4S2/c1-19-8-6-12-24-25(19)28-27(35-24)30(18-22-11-7-17-34-22)26(31)20-13-15-23(16-14-20)36(32,33)29(2)21-9-4-3-5-10-21/h6-8,11-17,21H,3-5,9-10,18H2,1-2H3. The lowest BCUT2D eigenvalue weighted by molar-refractivity contribution is 0.0983. The molecule has 0 atom stereocenters. The number of para-hydroxylation sites is 1. The van der Waals surface area contributed by atoms with Crippen molar-refractivity contribution in [3.8, 4) is 0 Å². The number of fused-ring (bicyclic) bond motifs is 1. The second kappa shape index (κ2) is 10.2. The zero-order chi connectivity index (χ0) is 25.3. The highest BCUT2D eigenvalue weighted by Crippen LogP contribution is 2.33. The van der Waals surface area contributed by atoms with Crippen LogP contribution in [0.3, 0.4) is 0 Å². The summed E-state index contributed by atoms with van der Waals surface area (Å²) >= 11 is 1.44. The van der Waals surface area contributed by atoms with Crippen molar-refractivity contribution in [1.82, 2.24) is 9.29 Å². The van der Waals surface area contributed by atoms with Crippen LogP contribution in [-0.4, -0.2) is 36.7 Å². The van der Waals surface area contributed by atoms with E-state index in [4.69, 9.17) is 9.40 Å². The fourth-order valence-electron chi connectivity index (χ4n) is 4.71. The number of rotatable bonds is 7. The molecular weight excluding hydrogens is 494 g/mol. The molecule has 188 valence electrons. The van der Waals surface area contributed by atoms with Gasteiger partial charge in [0.1, 0.15) is 5.76 Å². The van der Waals surface area contributed by atoms with Gasteiger partial charge in [-0.3, -0.25) is 9.69 Å². The first-order chi connectivity index (χ1) is 17.3. The van der Waals surface area contributed by atoms with Gasteiger partial charge in [-0.1, -0.05) is 42.7 Å². The van der Waals surface area contributed by atoms with E-state index in [1.54, 1.807) is 36.4 Å². The van der Waals surface area contributed by atoms with Gasteiger partial charge in [-0.2, -0.15) is 4.31 Å². The Morgan fingerprint density at radius 3 is 2.47 bits per heavy atom. The summed E-state index contributed by atoms with van der Waals surface area (Å²) < 4.78 is 34.4. The van der Waals surface area contributed by atoms with Crippen LogP contribution < -0.4 is 4.90 Å². The number of anilines is 1. The molecule has 1 aliphatic rings. The number of hydrogen-bond acceptors (Lipinski definition) is 6. The third kappa shape index (κ3) is 4.83. The van der Waals surface area contributed by atoms with Gasteiger partial charge in [-0.05, 0) is 67.8 Å². The summed E-state index contributed by atoms with van der Waals surface area (Å²) in [7, 11) is -1.98. The van der Waals surface area contributed by atoms with Crippen LogP contribution in [0.15, 0.2) is 70.2 Å². The van der Waals surface area contributed by atoms with E-state index < -0.39 is 10.0 Å². The zero-order valence-corrected chi connectivity index (χ0v) is 22.0. The SMILES string of the molecule is Cc1cccc2sc(N(Cc3ccco3)C(=O)c3ccc(S(=O)(=O)N(C)C4CCCCC4)cc3)nc12. The zero-order valence-electron chi connectivity index (χ0n) is 20.4. The van der Waals surface area contributed by atoms with Crippen molar-refractivity contribution in [2.75, 3.05) is 11.9 Å². The van der Waals surface area contributed by atoms with Crippen LogP contribution in [0.2, 0.25) is 0 Å². The average molecular weight is 524 g/mol. The van der Waals surface area contributed by atoms with E-state index in [1.165, 1.54) is 27.8 Å². The number of amides is 1. The predicted octanol–water partition coefficient (Wildman–Crippen LogP) is 6.00. The molecule has 0 bridgehead atoms. The molecule has 4 aromatic rings. The fourth-order valence-corrected chi connectivity index (χ4v) is 7.16. The maximum Gasteiger partial charge on any atom is 0.260 e. The van der Waals surface area contributed by atoms with Gasteiger partial charge in [0.15, 0.2) is 5.13 Å². The number of sulfonamides is 1. The van der Waals surface area contributed by atoms with Crippen molar-refractivity contribution in [2.24, 2.45) is 0 Å². The van der Waals surface area contributed by atoms with Gasteiger partial charge in [0.2, 0.25) is 10.0 Å². The van der Waals surface area contributed by atoms with Gasteiger partial charge >= 0.3 is 0 Å². The number of aryl methyl sites for hydroxylation is 1. The number of hydrogen-bond donors (Lipinski definition) is 0. The Kier molecular flexibility index (Phi) is 6.96. The molecule has 36 heavy (non-hydrogen) atoms. The number of benzene rings is 2. The predicted molar refractivity (Wildman–Crippen MR) is 142 cm³/mol. The van der Waals surface area contributed by atoms with Crippen molar-refractivity contribution in [1.29, 1.82) is 0 Å². The minimum atomic E-state index is -3.63. The van der Waals surface area contributed by atoms with E-state index in [2.05, 4.69) is 0 Å². The summed E-state index contributed by atoms with van der Waals surface area (Å²) in [6.07, 6.45) is 6.60. The summed E-state index contributed by atoms with van der Waals surface area (Å²) in [6, 6.07) is 15.8. The summed E-state index contributed by atoms with van der Waals surface area (Å²) in [5, 5.41) is 0.564. The summed E-state index contributed by atoms with van der Waals surface area (Å²) in [5.74, 6) is 0.361. The smallest absolute Gasteiger partial charge is 0.260 e. The lowest BCUT2D eigenvalue weighted by atomic mass is 9.96. The van der Waals surface area contributed by atoms with Crippen LogP contribution in [0.1, 0.15) is 53.8 Å². The Labute approximate surface area is 215 Å². The third-order valence-corrected chi connectivity index (χ3v) is 9.81. The first kappa shape index (κ1) is 24.7. The van der Waals surface area contributed by atoms with Gasteiger partial charge in [0, 0.05) is 18.7 Å². The van der Waals surface area contributed by atoms with Crippen LogP contribution in [0.5, 0.6) is 0 Å². The van der Waals surface area contributed by atoms with Crippen molar-refractivity contribution in [3.63, 3.8) is 0 Å². The van der Waals surface area contributed by atoms with E-state index in [0.717, 1.165) is 47.9 Å². The fraction of sp³-hybridized carbons (Fsp3) is 0.333. The highest BCUT2D eigenvalue weighted by molar-refractivity contribution is 7.89. The van der Waals surface area contributed by atoms with Crippen molar-refractivity contribution in [2.45, 2.75) is 56.5 Å². The Bertz CT molecular complexity index is 1450. The molecule has 5 rings (SSSR count). The van der Waals surface area contributed by atoms with Crippen LogP contribution >= 0.6 is 11.3 Å². The number of aromatic nitrogens is 1. The molecule has 9 heteroatoms. The molecule has 1 amide bonds. The van der Waals surface area contributed by atoms with E-state index >= 15 is 0 Å². The molecule has 2 heterocycles. The normalized spacial score (nSPS) is 15.0. The van der Waals surface area contributed by atoms with Crippen LogP contribution in [0.25, 0.3) is 10.2 Å². The molecule has 2 aromatic carbocycles. The molecule has 0 N–H and O–H groups in total. The molecular formula is C27H29N3O4S2. The number of nitrogens with zero attached hydrogens (tertiary/aromatic N) is 3. The molecule has 7 nitrogen and oxygen atoms in total. The Morgan fingerprint density at radius 1 is 1.06 bits per heavy atom. The minimum Gasteiger partial charge on any atom is -0.467 e.